The number of hydrazone groups is 1. The van der Waals surface area contributed by atoms with E-state index in [1.165, 1.54) is 24.3 Å². The fourth-order valence-corrected chi connectivity index (χ4v) is 3.80. The van der Waals surface area contributed by atoms with Crippen LogP contribution in [-0.2, 0) is 11.4 Å². The van der Waals surface area contributed by atoms with E-state index < -0.39 is 23.3 Å². The van der Waals surface area contributed by atoms with Crippen LogP contribution in [0, 0.1) is 24.0 Å². The SMILES string of the molecule is Cc1ccc(C)n1-c1ccc(OCc2ccc(C(=O)N/N=C/c3cccc([N+](=O)[O-])c3OCC(N)=O)o2)cc1. The van der Waals surface area contributed by atoms with Crippen LogP contribution < -0.4 is 20.6 Å². The number of benzene rings is 2. The molecule has 0 bridgehead atoms. The minimum Gasteiger partial charge on any atom is -0.486 e. The normalized spacial score (nSPS) is 10.9. The van der Waals surface area contributed by atoms with Gasteiger partial charge >= 0.3 is 11.6 Å². The molecule has 0 fully saturated rings. The highest BCUT2D eigenvalue weighted by atomic mass is 16.6. The predicted molar refractivity (Wildman–Crippen MR) is 141 cm³/mol. The number of nitrogens with one attached hydrogen (secondary N) is 1. The number of para-hydroxylation sites is 1. The summed E-state index contributed by atoms with van der Waals surface area (Å²) in [6, 6.07) is 18.9. The largest absolute Gasteiger partial charge is 0.486 e. The van der Waals surface area contributed by atoms with E-state index in [0.717, 1.165) is 23.3 Å². The number of aromatic nitrogens is 1. The van der Waals surface area contributed by atoms with Crippen LogP contribution in [0.15, 0.2) is 76.2 Å². The van der Waals surface area contributed by atoms with Gasteiger partial charge in [-0.1, -0.05) is 6.07 Å². The number of furan rings is 1. The highest BCUT2D eigenvalue weighted by Gasteiger charge is 2.19. The zero-order chi connectivity index (χ0) is 27.9. The zero-order valence-corrected chi connectivity index (χ0v) is 21.1. The number of carbonyl (C=O) groups excluding carboxylic acids is 2. The van der Waals surface area contributed by atoms with Crippen molar-refractivity contribution in [1.82, 2.24) is 9.99 Å². The summed E-state index contributed by atoms with van der Waals surface area (Å²) in [5.74, 6) is -0.608. The molecule has 0 aliphatic heterocycles. The molecular formula is C27H25N5O7. The first-order valence-corrected chi connectivity index (χ1v) is 11.7. The topological polar surface area (TPSA) is 164 Å². The van der Waals surface area contributed by atoms with Gasteiger partial charge in [-0.25, -0.2) is 5.43 Å². The molecular weight excluding hydrogens is 506 g/mol. The molecule has 0 spiro atoms. The molecule has 0 saturated heterocycles. The lowest BCUT2D eigenvalue weighted by Gasteiger charge is -2.10. The van der Waals surface area contributed by atoms with E-state index in [2.05, 4.69) is 27.2 Å². The summed E-state index contributed by atoms with van der Waals surface area (Å²) in [4.78, 5) is 34.1. The molecule has 0 unspecified atom stereocenters. The number of ether oxygens (including phenoxy) is 2. The average molecular weight is 532 g/mol. The van der Waals surface area contributed by atoms with Gasteiger partial charge in [0.1, 0.15) is 18.1 Å². The van der Waals surface area contributed by atoms with Crippen LogP contribution in [0.5, 0.6) is 11.5 Å². The summed E-state index contributed by atoms with van der Waals surface area (Å²) >= 11 is 0. The lowest BCUT2D eigenvalue weighted by Crippen LogP contribution is -2.21. The van der Waals surface area contributed by atoms with Crippen molar-refractivity contribution in [3.63, 3.8) is 0 Å². The number of carbonyl (C=O) groups is 2. The number of nitro groups is 1. The molecule has 0 aliphatic rings. The van der Waals surface area contributed by atoms with Crippen molar-refractivity contribution in [2.45, 2.75) is 20.5 Å². The Labute approximate surface area is 222 Å². The minimum absolute atomic E-state index is 0.0103. The molecule has 3 N–H and O–H groups in total. The van der Waals surface area contributed by atoms with Gasteiger partial charge in [-0.3, -0.25) is 19.7 Å². The molecule has 2 amide bonds. The number of primary amides is 1. The van der Waals surface area contributed by atoms with Gasteiger partial charge in [0.15, 0.2) is 12.4 Å². The summed E-state index contributed by atoms with van der Waals surface area (Å²) in [6.45, 7) is 3.62. The lowest BCUT2D eigenvalue weighted by molar-refractivity contribution is -0.385. The van der Waals surface area contributed by atoms with Crippen LogP contribution in [0.3, 0.4) is 0 Å². The van der Waals surface area contributed by atoms with Crippen molar-refractivity contribution in [3.8, 4) is 17.2 Å². The van der Waals surface area contributed by atoms with E-state index in [1.807, 2.05) is 38.1 Å². The molecule has 12 heteroatoms. The first-order valence-electron chi connectivity index (χ1n) is 11.7. The van der Waals surface area contributed by atoms with Crippen molar-refractivity contribution in [1.29, 1.82) is 0 Å². The van der Waals surface area contributed by atoms with Gasteiger partial charge in [-0.15, -0.1) is 0 Å². The van der Waals surface area contributed by atoms with Crippen LogP contribution >= 0.6 is 0 Å². The predicted octanol–water partition coefficient (Wildman–Crippen LogP) is 3.80. The number of nitro benzene ring substituents is 1. The quantitative estimate of drug-likeness (QED) is 0.169. The fourth-order valence-electron chi connectivity index (χ4n) is 3.80. The Morgan fingerprint density at radius 3 is 2.44 bits per heavy atom. The number of amides is 2. The van der Waals surface area contributed by atoms with Crippen molar-refractivity contribution >= 4 is 23.7 Å². The van der Waals surface area contributed by atoms with Gasteiger partial charge < -0.3 is 24.2 Å². The average Bonchev–Trinajstić information content (AvgIpc) is 3.52. The summed E-state index contributed by atoms with van der Waals surface area (Å²) in [7, 11) is 0. The molecule has 4 rings (SSSR count). The molecule has 12 nitrogen and oxygen atoms in total. The van der Waals surface area contributed by atoms with Gasteiger partial charge in [-0.2, -0.15) is 5.10 Å². The smallest absolute Gasteiger partial charge is 0.311 e. The molecule has 39 heavy (non-hydrogen) atoms. The first-order chi connectivity index (χ1) is 18.7. The van der Waals surface area contributed by atoms with Crippen molar-refractivity contribution in [2.75, 3.05) is 6.61 Å². The Morgan fingerprint density at radius 2 is 1.77 bits per heavy atom. The Bertz CT molecular complexity index is 1520. The van der Waals surface area contributed by atoms with E-state index >= 15 is 0 Å². The van der Waals surface area contributed by atoms with E-state index in [1.54, 1.807) is 6.07 Å². The molecule has 0 aliphatic carbocycles. The van der Waals surface area contributed by atoms with E-state index in [-0.39, 0.29) is 29.4 Å². The molecule has 200 valence electrons. The molecule has 0 saturated carbocycles. The second kappa shape index (κ2) is 11.8. The highest BCUT2D eigenvalue weighted by Crippen LogP contribution is 2.30. The highest BCUT2D eigenvalue weighted by molar-refractivity contribution is 5.93. The number of nitrogens with zero attached hydrogens (tertiary/aromatic N) is 3. The number of rotatable bonds is 11. The van der Waals surface area contributed by atoms with Crippen LogP contribution in [0.4, 0.5) is 5.69 Å². The molecule has 0 atom stereocenters. The number of hydrogen-bond donors (Lipinski definition) is 2. The van der Waals surface area contributed by atoms with Gasteiger partial charge in [-0.05, 0) is 68.4 Å². The summed E-state index contributed by atoms with van der Waals surface area (Å²) in [5.41, 5.74) is 10.4. The number of aryl methyl sites for hydroxylation is 2. The third-order valence-electron chi connectivity index (χ3n) is 5.58. The number of nitrogens with two attached hydrogens (primary N) is 1. The first kappa shape index (κ1) is 26.7. The zero-order valence-electron chi connectivity index (χ0n) is 21.1. The molecule has 2 aromatic heterocycles. The van der Waals surface area contributed by atoms with Gasteiger partial charge in [0.2, 0.25) is 5.75 Å². The number of hydrogen-bond acceptors (Lipinski definition) is 8. The molecule has 4 aromatic rings. The van der Waals surface area contributed by atoms with Crippen LogP contribution in [0.1, 0.15) is 33.3 Å². The summed E-state index contributed by atoms with van der Waals surface area (Å²) < 4.78 is 18.6. The van der Waals surface area contributed by atoms with Gasteiger partial charge in [0, 0.05) is 28.7 Å². The maximum atomic E-state index is 12.4. The standard InChI is InChI=1S/C27H25N5O7/c1-17-6-7-18(2)31(17)20-8-10-21(11-9-20)37-15-22-12-13-24(39-22)27(34)30-29-14-19-4-3-5-23(32(35)36)26(19)38-16-25(28)33/h3-14H,15-16H2,1-2H3,(H2,28,33)(H,30,34)/b29-14+. The fraction of sp³-hybridized carbons (Fsp3) is 0.148. The summed E-state index contributed by atoms with van der Waals surface area (Å²) in [5, 5.41) is 15.1. The van der Waals surface area contributed by atoms with Crippen molar-refractivity contribution in [3.05, 3.63) is 105 Å². The van der Waals surface area contributed by atoms with Gasteiger partial charge in [0.25, 0.3) is 5.91 Å². The van der Waals surface area contributed by atoms with Crippen molar-refractivity contribution < 1.29 is 28.4 Å². The maximum Gasteiger partial charge on any atom is 0.311 e. The lowest BCUT2D eigenvalue weighted by atomic mass is 10.2. The Hall–Kier alpha value is -5.39. The van der Waals surface area contributed by atoms with Crippen LogP contribution in [0.25, 0.3) is 5.69 Å². The Balaban J connectivity index is 1.35. The van der Waals surface area contributed by atoms with Crippen LogP contribution in [0.2, 0.25) is 0 Å². The van der Waals surface area contributed by atoms with E-state index in [4.69, 9.17) is 19.6 Å². The third-order valence-corrected chi connectivity index (χ3v) is 5.58. The van der Waals surface area contributed by atoms with Crippen LogP contribution in [-0.4, -0.2) is 34.1 Å². The maximum absolute atomic E-state index is 12.4. The Morgan fingerprint density at radius 1 is 1.05 bits per heavy atom. The van der Waals surface area contributed by atoms with E-state index in [0.29, 0.717) is 11.5 Å². The molecule has 0 radical (unpaired) electrons. The minimum atomic E-state index is -0.805. The van der Waals surface area contributed by atoms with Gasteiger partial charge in [0.05, 0.1) is 11.1 Å². The second-order valence-corrected chi connectivity index (χ2v) is 8.41. The molecule has 2 aromatic carbocycles. The Kier molecular flexibility index (Phi) is 8.05. The van der Waals surface area contributed by atoms with E-state index in [9.17, 15) is 19.7 Å². The second-order valence-electron chi connectivity index (χ2n) is 8.41. The summed E-state index contributed by atoms with van der Waals surface area (Å²) in [6.07, 6.45) is 1.15. The monoisotopic (exact) mass is 531 g/mol. The third kappa shape index (κ3) is 6.49. The van der Waals surface area contributed by atoms with Crippen molar-refractivity contribution in [2.24, 2.45) is 10.8 Å². The molecule has 2 heterocycles.